The van der Waals surface area contributed by atoms with Gasteiger partial charge >= 0.3 is 0 Å². The number of hydrogen-bond donors (Lipinski definition) is 0. The van der Waals surface area contributed by atoms with Crippen LogP contribution in [0.5, 0.6) is 11.5 Å². The minimum Gasteiger partial charge on any atom is -0.493 e. The summed E-state index contributed by atoms with van der Waals surface area (Å²) in [5.41, 5.74) is 5.54. The summed E-state index contributed by atoms with van der Waals surface area (Å²) < 4.78 is 13.5. The molecular formula is C35H26ClN3O5S. The summed E-state index contributed by atoms with van der Waals surface area (Å²) >= 11 is 7.93. The predicted octanol–water partition coefficient (Wildman–Crippen LogP) is 6.47. The Morgan fingerprint density at radius 3 is 2.56 bits per heavy atom. The Labute approximate surface area is 266 Å². The number of aromatic nitrogens is 1. The molecule has 0 N–H and O–H groups in total. The summed E-state index contributed by atoms with van der Waals surface area (Å²) in [6.45, 7) is 0.210. The molecule has 8 nitrogen and oxygen atoms in total. The van der Waals surface area contributed by atoms with Crippen molar-refractivity contribution >= 4 is 40.4 Å². The first-order valence-electron chi connectivity index (χ1n) is 14.3. The van der Waals surface area contributed by atoms with Gasteiger partial charge in [0, 0.05) is 10.6 Å². The molecule has 0 bridgehead atoms. The first kappa shape index (κ1) is 28.8. The molecule has 0 unspecified atom stereocenters. The lowest BCUT2D eigenvalue weighted by Crippen LogP contribution is -2.38. The highest BCUT2D eigenvalue weighted by atomic mass is 35.5. The van der Waals surface area contributed by atoms with E-state index in [1.807, 2.05) is 66.7 Å². The first-order valence-corrected chi connectivity index (χ1v) is 15.5. The molecule has 2 heterocycles. The number of ether oxygens (including phenoxy) is 2. The molecular weight excluding hydrogens is 610 g/mol. The van der Waals surface area contributed by atoms with E-state index >= 15 is 0 Å². The number of hydrogen-bond acceptors (Lipinski definition) is 7. The number of fused-ring (bicyclic) bond motifs is 3. The largest absolute Gasteiger partial charge is 0.493 e. The van der Waals surface area contributed by atoms with Crippen molar-refractivity contribution in [2.45, 2.75) is 25.5 Å². The van der Waals surface area contributed by atoms with Crippen molar-refractivity contribution in [1.82, 2.24) is 4.57 Å². The van der Waals surface area contributed by atoms with Crippen LogP contribution in [0.3, 0.4) is 0 Å². The lowest BCUT2D eigenvalue weighted by Gasteiger charge is -2.31. The Morgan fingerprint density at radius 2 is 1.78 bits per heavy atom. The molecule has 5 aromatic rings. The third-order valence-electron chi connectivity index (χ3n) is 8.11. The third-order valence-corrected chi connectivity index (χ3v) is 9.43. The number of nitrogens with zero attached hydrogens (tertiary/aromatic N) is 3. The molecule has 224 valence electrons. The number of methoxy groups -OCH3 is 1. The van der Waals surface area contributed by atoms with Gasteiger partial charge in [-0.05, 0) is 53.3 Å². The highest BCUT2D eigenvalue weighted by Gasteiger charge is 2.33. The molecule has 1 atom stereocenters. The molecule has 0 saturated carbocycles. The lowest BCUT2D eigenvalue weighted by atomic mass is 9.83. The van der Waals surface area contributed by atoms with Gasteiger partial charge in [0.2, 0.25) is 0 Å². The van der Waals surface area contributed by atoms with E-state index in [1.54, 1.807) is 4.57 Å². The molecule has 1 aliphatic carbocycles. The van der Waals surface area contributed by atoms with Gasteiger partial charge in [-0.1, -0.05) is 95.7 Å². The van der Waals surface area contributed by atoms with Crippen molar-refractivity contribution in [3.05, 3.63) is 159 Å². The molecule has 7 rings (SSSR count). The van der Waals surface area contributed by atoms with E-state index in [1.165, 1.54) is 42.2 Å². The Hall–Kier alpha value is -4.99. The first-order chi connectivity index (χ1) is 21.9. The number of thiazole rings is 1. The fourth-order valence-electron chi connectivity index (χ4n) is 5.98. The average Bonchev–Trinajstić information content (AvgIpc) is 3.37. The van der Waals surface area contributed by atoms with E-state index in [4.69, 9.17) is 26.1 Å². The highest BCUT2D eigenvalue weighted by molar-refractivity contribution is 7.07. The second-order valence-corrected chi connectivity index (χ2v) is 12.1. The van der Waals surface area contributed by atoms with Crippen LogP contribution in [0.2, 0.25) is 5.02 Å². The maximum Gasteiger partial charge on any atom is 0.280 e. The van der Waals surface area contributed by atoms with Crippen molar-refractivity contribution in [2.75, 3.05) is 7.11 Å². The van der Waals surface area contributed by atoms with Gasteiger partial charge in [-0.3, -0.25) is 19.5 Å². The van der Waals surface area contributed by atoms with Gasteiger partial charge in [0.25, 0.3) is 11.2 Å². The van der Waals surface area contributed by atoms with E-state index in [2.05, 4.69) is 12.1 Å². The zero-order chi connectivity index (χ0) is 31.1. The molecule has 45 heavy (non-hydrogen) atoms. The van der Waals surface area contributed by atoms with Gasteiger partial charge < -0.3 is 9.47 Å². The summed E-state index contributed by atoms with van der Waals surface area (Å²) in [6, 6.07) is 27.6. The van der Waals surface area contributed by atoms with Gasteiger partial charge in [0.05, 0.1) is 39.9 Å². The molecule has 1 aromatic heterocycles. The second kappa shape index (κ2) is 11.8. The Balaban J connectivity index is 1.39. The van der Waals surface area contributed by atoms with Crippen LogP contribution < -0.4 is 24.4 Å². The summed E-state index contributed by atoms with van der Waals surface area (Å²) in [4.78, 5) is 31.5. The normalized spacial score (nSPS) is 15.5. The van der Waals surface area contributed by atoms with E-state index in [-0.39, 0.29) is 29.2 Å². The summed E-state index contributed by atoms with van der Waals surface area (Å²) in [5.74, 6) is 0.549. The molecule has 0 fully saturated rings. The van der Waals surface area contributed by atoms with Crippen LogP contribution in [0, 0.1) is 10.1 Å². The minimum absolute atomic E-state index is 0.208. The monoisotopic (exact) mass is 635 g/mol. The SMILES string of the molecule is COc1cc(/C=c2\sc3n(c2=O)[C@@H](c2ccccc2Cl)C2=C(N=3)c3ccccc3CC2)c([N+](=O)[O-])cc1OCc1ccccc1. The highest BCUT2D eigenvalue weighted by Crippen LogP contribution is 2.43. The van der Waals surface area contributed by atoms with E-state index in [9.17, 15) is 14.9 Å². The molecule has 0 amide bonds. The lowest BCUT2D eigenvalue weighted by molar-refractivity contribution is -0.385. The van der Waals surface area contributed by atoms with Crippen molar-refractivity contribution in [3.63, 3.8) is 0 Å². The van der Waals surface area contributed by atoms with Gasteiger partial charge in [0.15, 0.2) is 16.3 Å². The number of halogens is 1. The molecule has 0 radical (unpaired) electrons. The van der Waals surface area contributed by atoms with Crippen LogP contribution in [-0.2, 0) is 13.0 Å². The number of rotatable bonds is 7. The fraction of sp³-hybridized carbons (Fsp3) is 0.143. The van der Waals surface area contributed by atoms with E-state index in [0.717, 1.165) is 40.8 Å². The van der Waals surface area contributed by atoms with Crippen LogP contribution in [-0.4, -0.2) is 16.6 Å². The molecule has 4 aromatic carbocycles. The molecule has 0 saturated heterocycles. The number of allylic oxidation sites excluding steroid dienone is 1. The smallest absolute Gasteiger partial charge is 0.280 e. The van der Waals surface area contributed by atoms with Crippen LogP contribution in [0.25, 0.3) is 11.8 Å². The fourth-order valence-corrected chi connectivity index (χ4v) is 7.21. The standard InChI is InChI=1S/C35H26ClN3O5S/c1-43-29-17-23(28(39(41)42)19-30(29)44-20-21-9-3-2-4-10-21)18-31-34(40)38-33(25-13-7-8-14-27(25)36)26-16-15-22-11-5-6-12-24(22)32(26)37-35(38)45-31/h2-14,17-19,33H,15-16,20H2,1H3/b31-18-/t33-/m0/s1. The Morgan fingerprint density at radius 1 is 1.02 bits per heavy atom. The quantitative estimate of drug-likeness (QED) is 0.151. The molecule has 0 spiro atoms. The summed E-state index contributed by atoms with van der Waals surface area (Å²) in [6.07, 6.45) is 3.08. The van der Waals surface area contributed by atoms with Crippen molar-refractivity contribution in [1.29, 1.82) is 0 Å². The molecule has 2 aliphatic rings. The van der Waals surface area contributed by atoms with Crippen LogP contribution in [0.15, 0.2) is 106 Å². The number of nitro groups is 1. The van der Waals surface area contributed by atoms with Crippen LogP contribution in [0.4, 0.5) is 5.69 Å². The Kier molecular flexibility index (Phi) is 7.56. The Bertz CT molecular complexity index is 2190. The predicted molar refractivity (Wildman–Crippen MR) is 175 cm³/mol. The van der Waals surface area contributed by atoms with Gasteiger partial charge in [0.1, 0.15) is 6.61 Å². The second-order valence-electron chi connectivity index (χ2n) is 10.7. The van der Waals surface area contributed by atoms with Crippen LogP contribution in [0.1, 0.15) is 40.3 Å². The third kappa shape index (κ3) is 5.24. The number of aryl methyl sites for hydroxylation is 1. The van der Waals surface area contributed by atoms with Crippen molar-refractivity contribution in [2.24, 2.45) is 4.99 Å². The number of benzene rings is 4. The summed E-state index contributed by atoms with van der Waals surface area (Å²) in [7, 11) is 1.47. The van der Waals surface area contributed by atoms with Crippen LogP contribution >= 0.6 is 22.9 Å². The van der Waals surface area contributed by atoms with Crippen molar-refractivity contribution in [3.8, 4) is 11.5 Å². The van der Waals surface area contributed by atoms with Crippen molar-refractivity contribution < 1.29 is 14.4 Å². The summed E-state index contributed by atoms with van der Waals surface area (Å²) in [5, 5.41) is 12.8. The van der Waals surface area contributed by atoms with E-state index < -0.39 is 11.0 Å². The maximum absolute atomic E-state index is 14.2. The minimum atomic E-state index is -0.486. The molecule has 1 aliphatic heterocycles. The topological polar surface area (TPSA) is 96.0 Å². The molecule has 10 heteroatoms. The zero-order valence-corrected chi connectivity index (χ0v) is 25.7. The number of nitro benzene ring substituents is 1. The zero-order valence-electron chi connectivity index (χ0n) is 24.1. The maximum atomic E-state index is 14.2. The van der Waals surface area contributed by atoms with Gasteiger partial charge in [-0.25, -0.2) is 4.99 Å². The van der Waals surface area contributed by atoms with Gasteiger partial charge in [-0.15, -0.1) is 0 Å². The average molecular weight is 636 g/mol. The van der Waals surface area contributed by atoms with E-state index in [0.29, 0.717) is 20.1 Å². The van der Waals surface area contributed by atoms with Gasteiger partial charge in [-0.2, -0.15) is 0 Å².